The van der Waals surface area contributed by atoms with Crippen molar-refractivity contribution < 1.29 is 23.6 Å². The van der Waals surface area contributed by atoms with E-state index in [0.29, 0.717) is 10.0 Å². The molecule has 0 saturated heterocycles. The van der Waals surface area contributed by atoms with Gasteiger partial charge < -0.3 is 15.4 Å². The monoisotopic (exact) mass is 513 g/mol. The number of hydrogen-bond donors (Lipinski definition) is 2. The number of ether oxygens (including phenoxy) is 1. The molecule has 0 heterocycles. The minimum Gasteiger partial charge on any atom is -0.496 e. The highest BCUT2D eigenvalue weighted by Gasteiger charge is 2.19. The van der Waals surface area contributed by atoms with Gasteiger partial charge in [-0.3, -0.25) is 19.7 Å². The molecule has 3 aromatic carbocycles. The second kappa shape index (κ2) is 10.5. The highest BCUT2D eigenvalue weighted by molar-refractivity contribution is 9.10. The van der Waals surface area contributed by atoms with Crippen molar-refractivity contribution in [1.82, 2.24) is 5.32 Å². The van der Waals surface area contributed by atoms with Crippen LogP contribution < -0.4 is 15.4 Å². The Morgan fingerprint density at radius 2 is 1.85 bits per heavy atom. The molecular formula is C23H17BrFN3O5. The third-order valence-corrected chi connectivity index (χ3v) is 4.87. The van der Waals surface area contributed by atoms with Crippen molar-refractivity contribution in [2.75, 3.05) is 12.4 Å². The van der Waals surface area contributed by atoms with E-state index in [1.54, 1.807) is 12.1 Å². The molecule has 168 valence electrons. The van der Waals surface area contributed by atoms with E-state index in [2.05, 4.69) is 26.6 Å². The fourth-order valence-electron chi connectivity index (χ4n) is 2.87. The minimum absolute atomic E-state index is 0.148. The normalized spacial score (nSPS) is 10.9. The summed E-state index contributed by atoms with van der Waals surface area (Å²) in [5, 5.41) is 16.1. The van der Waals surface area contributed by atoms with Gasteiger partial charge in [0.25, 0.3) is 17.5 Å². The maximum absolute atomic E-state index is 13.5. The van der Waals surface area contributed by atoms with Crippen LogP contribution in [0.1, 0.15) is 15.9 Å². The van der Waals surface area contributed by atoms with Crippen LogP contribution in [0.2, 0.25) is 0 Å². The lowest BCUT2D eigenvalue weighted by Crippen LogP contribution is -2.31. The standard InChI is InChI=1S/C23H17BrFN3O5/c1-33-21-9-8-15(24)12-19(21)22(29)27-20(11-14-4-2-7-18(10-14)28(31)32)23(30)26-17-6-3-5-16(25)13-17/h2-13H,1H3,(H,26,30)(H,27,29)/b20-11-. The number of amides is 2. The number of non-ortho nitro benzene ring substituents is 1. The van der Waals surface area contributed by atoms with Crippen LogP contribution in [0.3, 0.4) is 0 Å². The van der Waals surface area contributed by atoms with Gasteiger partial charge in [-0.05, 0) is 48.0 Å². The lowest BCUT2D eigenvalue weighted by Gasteiger charge is -2.13. The number of anilines is 1. The summed E-state index contributed by atoms with van der Waals surface area (Å²) in [6, 6.07) is 15.5. The Morgan fingerprint density at radius 3 is 2.55 bits per heavy atom. The van der Waals surface area contributed by atoms with Crippen molar-refractivity contribution in [1.29, 1.82) is 0 Å². The molecule has 0 aliphatic rings. The average Bonchev–Trinajstić information content (AvgIpc) is 2.78. The van der Waals surface area contributed by atoms with Gasteiger partial charge in [0, 0.05) is 22.3 Å². The number of rotatable bonds is 7. The van der Waals surface area contributed by atoms with E-state index in [0.717, 1.165) is 6.07 Å². The molecule has 0 fully saturated rings. The SMILES string of the molecule is COc1ccc(Br)cc1C(=O)N/C(=C\c1cccc([N+](=O)[O-])c1)C(=O)Nc1cccc(F)c1. The molecule has 0 aromatic heterocycles. The molecule has 0 aliphatic carbocycles. The molecule has 2 amide bonds. The Bertz CT molecular complexity index is 1260. The van der Waals surface area contributed by atoms with Gasteiger partial charge >= 0.3 is 0 Å². The Kier molecular flexibility index (Phi) is 7.52. The number of halogens is 2. The number of nitrogens with one attached hydrogen (secondary N) is 2. The summed E-state index contributed by atoms with van der Waals surface area (Å²) in [6.45, 7) is 0. The van der Waals surface area contributed by atoms with Crippen LogP contribution >= 0.6 is 15.9 Å². The largest absolute Gasteiger partial charge is 0.496 e. The third-order valence-electron chi connectivity index (χ3n) is 4.37. The first-order chi connectivity index (χ1) is 15.8. The molecule has 3 rings (SSSR count). The summed E-state index contributed by atoms with van der Waals surface area (Å²) in [5.74, 6) is -1.69. The van der Waals surface area contributed by atoms with E-state index in [1.165, 1.54) is 61.7 Å². The second-order valence-electron chi connectivity index (χ2n) is 6.67. The van der Waals surface area contributed by atoms with Gasteiger partial charge in [-0.15, -0.1) is 0 Å². The number of nitrogens with zero attached hydrogens (tertiary/aromatic N) is 1. The van der Waals surface area contributed by atoms with Crippen LogP contribution in [0, 0.1) is 15.9 Å². The van der Waals surface area contributed by atoms with Crippen LogP contribution in [0.5, 0.6) is 5.75 Å². The van der Waals surface area contributed by atoms with E-state index >= 15 is 0 Å². The topological polar surface area (TPSA) is 111 Å². The molecule has 0 aliphatic heterocycles. The Hall–Kier alpha value is -4.05. The number of nitro benzene ring substituents is 1. The van der Waals surface area contributed by atoms with E-state index in [4.69, 9.17) is 4.74 Å². The molecule has 10 heteroatoms. The second-order valence-corrected chi connectivity index (χ2v) is 7.59. The maximum atomic E-state index is 13.5. The van der Waals surface area contributed by atoms with Crippen LogP contribution in [-0.4, -0.2) is 23.8 Å². The molecular weight excluding hydrogens is 497 g/mol. The fourth-order valence-corrected chi connectivity index (χ4v) is 3.23. The van der Waals surface area contributed by atoms with Crippen LogP contribution in [0.25, 0.3) is 6.08 Å². The first kappa shape index (κ1) is 23.6. The molecule has 0 unspecified atom stereocenters. The minimum atomic E-state index is -0.755. The molecule has 2 N–H and O–H groups in total. The average molecular weight is 514 g/mol. The van der Waals surface area contributed by atoms with E-state index in [1.807, 2.05) is 0 Å². The van der Waals surface area contributed by atoms with Gasteiger partial charge in [0.2, 0.25) is 0 Å². The summed E-state index contributed by atoms with van der Waals surface area (Å²) in [7, 11) is 1.40. The Labute approximate surface area is 196 Å². The number of benzene rings is 3. The summed E-state index contributed by atoms with van der Waals surface area (Å²) >= 11 is 3.29. The fraction of sp³-hybridized carbons (Fsp3) is 0.0435. The van der Waals surface area contributed by atoms with E-state index in [9.17, 15) is 24.1 Å². The van der Waals surface area contributed by atoms with Gasteiger partial charge in [-0.25, -0.2) is 4.39 Å². The quantitative estimate of drug-likeness (QED) is 0.264. The van der Waals surface area contributed by atoms with Gasteiger partial charge in [0.15, 0.2) is 0 Å². The van der Waals surface area contributed by atoms with Crippen molar-refractivity contribution in [2.24, 2.45) is 0 Å². The predicted molar refractivity (Wildman–Crippen MR) is 124 cm³/mol. The third kappa shape index (κ3) is 6.23. The van der Waals surface area contributed by atoms with Crippen molar-refractivity contribution in [2.45, 2.75) is 0 Å². The van der Waals surface area contributed by atoms with Crippen molar-refractivity contribution in [3.8, 4) is 5.75 Å². The lowest BCUT2D eigenvalue weighted by molar-refractivity contribution is -0.384. The van der Waals surface area contributed by atoms with Gasteiger partial charge in [0.1, 0.15) is 17.3 Å². The van der Waals surface area contributed by atoms with Crippen molar-refractivity contribution in [3.05, 3.63) is 104 Å². The smallest absolute Gasteiger partial charge is 0.272 e. The van der Waals surface area contributed by atoms with Gasteiger partial charge in [-0.1, -0.05) is 34.1 Å². The van der Waals surface area contributed by atoms with E-state index in [-0.39, 0.29) is 28.4 Å². The Morgan fingerprint density at radius 1 is 1.09 bits per heavy atom. The number of nitro groups is 1. The summed E-state index contributed by atoms with van der Waals surface area (Å²) in [4.78, 5) is 36.4. The molecule has 0 radical (unpaired) electrons. The number of methoxy groups -OCH3 is 1. The molecule has 0 bridgehead atoms. The van der Waals surface area contributed by atoms with Crippen molar-refractivity contribution in [3.63, 3.8) is 0 Å². The maximum Gasteiger partial charge on any atom is 0.272 e. The molecule has 0 spiro atoms. The van der Waals surface area contributed by atoms with Crippen LogP contribution in [0.15, 0.2) is 76.9 Å². The van der Waals surface area contributed by atoms with Gasteiger partial charge in [-0.2, -0.15) is 0 Å². The predicted octanol–water partition coefficient (Wildman–Crippen LogP) is 4.91. The van der Waals surface area contributed by atoms with Crippen LogP contribution in [-0.2, 0) is 4.79 Å². The molecule has 0 saturated carbocycles. The van der Waals surface area contributed by atoms with Crippen molar-refractivity contribution >= 4 is 45.2 Å². The molecule has 8 nitrogen and oxygen atoms in total. The number of hydrogen-bond acceptors (Lipinski definition) is 5. The zero-order chi connectivity index (χ0) is 24.0. The van der Waals surface area contributed by atoms with Crippen LogP contribution in [0.4, 0.5) is 15.8 Å². The molecule has 33 heavy (non-hydrogen) atoms. The zero-order valence-electron chi connectivity index (χ0n) is 17.2. The number of carbonyl (C=O) groups is 2. The first-order valence-corrected chi connectivity index (χ1v) is 10.2. The lowest BCUT2D eigenvalue weighted by atomic mass is 10.1. The summed E-state index contributed by atoms with van der Waals surface area (Å²) < 4.78 is 19.3. The highest BCUT2D eigenvalue weighted by atomic mass is 79.9. The first-order valence-electron chi connectivity index (χ1n) is 9.45. The summed E-state index contributed by atoms with van der Waals surface area (Å²) in [6.07, 6.45) is 1.28. The summed E-state index contributed by atoms with van der Waals surface area (Å²) in [5.41, 5.74) is 0.213. The molecule has 0 atom stereocenters. The van der Waals surface area contributed by atoms with Gasteiger partial charge in [0.05, 0.1) is 17.6 Å². The zero-order valence-corrected chi connectivity index (χ0v) is 18.8. The number of carbonyl (C=O) groups excluding carboxylic acids is 2. The highest BCUT2D eigenvalue weighted by Crippen LogP contribution is 2.24. The van der Waals surface area contributed by atoms with E-state index < -0.39 is 22.6 Å². The Balaban J connectivity index is 1.98. The molecule has 3 aromatic rings.